The van der Waals surface area contributed by atoms with Gasteiger partial charge in [0, 0.05) is 42.8 Å². The highest BCUT2D eigenvalue weighted by Gasteiger charge is 2.47. The van der Waals surface area contributed by atoms with Crippen LogP contribution in [0.2, 0.25) is 0 Å². The van der Waals surface area contributed by atoms with Gasteiger partial charge in [0.1, 0.15) is 0 Å². The van der Waals surface area contributed by atoms with Crippen molar-refractivity contribution in [1.82, 2.24) is 9.13 Å². The Balaban J connectivity index is 0.899. The number of aromatic nitrogens is 2. The van der Waals surface area contributed by atoms with E-state index in [0.717, 1.165) is 17.3 Å². The molecule has 1 spiro atoms. The molecule has 0 unspecified atom stereocenters. The van der Waals surface area contributed by atoms with Gasteiger partial charge in [0.2, 0.25) is 0 Å². The molecular formula is C57H37BrN2. The van der Waals surface area contributed by atoms with Gasteiger partial charge in [-0.05, 0) is 141 Å². The first-order chi connectivity index (χ1) is 29.6. The number of halogens is 1. The van der Waals surface area contributed by atoms with E-state index in [4.69, 9.17) is 0 Å². The summed E-state index contributed by atoms with van der Waals surface area (Å²) in [6.07, 6.45) is 1.97. The molecule has 0 aliphatic heterocycles. The van der Waals surface area contributed by atoms with Gasteiger partial charge < -0.3 is 9.13 Å². The summed E-state index contributed by atoms with van der Waals surface area (Å²) in [5.74, 6) is 0. The van der Waals surface area contributed by atoms with Crippen molar-refractivity contribution in [3.05, 3.63) is 227 Å². The highest BCUT2D eigenvalue weighted by molar-refractivity contribution is 9.10. The van der Waals surface area contributed by atoms with Crippen LogP contribution < -0.4 is 0 Å². The molecule has 11 aromatic rings. The Kier molecular flexibility index (Phi) is 7.24. The SMILES string of the molecule is Brc1ccc2c(c1)CC1(C2)c2cc(-c3ccc(-n4c5ccccc5c5ccccc54)cc3)ccc2-c2ccc(-c3ccc(-n4c5ccccc5c5ccccc54)cc3)cc21. The van der Waals surface area contributed by atoms with Crippen molar-refractivity contribution in [2.24, 2.45) is 0 Å². The van der Waals surface area contributed by atoms with E-state index in [0.29, 0.717) is 0 Å². The van der Waals surface area contributed by atoms with Gasteiger partial charge in [0.25, 0.3) is 0 Å². The molecule has 282 valence electrons. The molecule has 2 aliphatic carbocycles. The molecule has 3 heteroatoms. The topological polar surface area (TPSA) is 9.86 Å². The second-order valence-corrected chi connectivity index (χ2v) is 17.6. The lowest BCUT2D eigenvalue weighted by Crippen LogP contribution is -2.26. The summed E-state index contributed by atoms with van der Waals surface area (Å²) in [5, 5.41) is 5.13. The van der Waals surface area contributed by atoms with E-state index >= 15 is 0 Å². The zero-order chi connectivity index (χ0) is 39.5. The molecule has 0 bridgehead atoms. The monoisotopic (exact) mass is 828 g/mol. The minimum atomic E-state index is -0.147. The first-order valence-electron chi connectivity index (χ1n) is 20.9. The molecule has 0 atom stereocenters. The molecule has 0 N–H and O–H groups in total. The number of nitrogens with zero attached hydrogens (tertiary/aromatic N) is 2. The maximum absolute atomic E-state index is 3.80. The third kappa shape index (κ3) is 4.87. The summed E-state index contributed by atoms with van der Waals surface area (Å²) in [7, 11) is 0. The Morgan fingerprint density at radius 2 is 0.733 bits per heavy atom. The molecule has 2 aromatic heterocycles. The lowest BCUT2D eigenvalue weighted by molar-refractivity contribution is 0.564. The third-order valence-corrected chi connectivity index (χ3v) is 14.1. The van der Waals surface area contributed by atoms with Crippen LogP contribution in [-0.2, 0) is 18.3 Å². The average molecular weight is 830 g/mol. The van der Waals surface area contributed by atoms with E-state index in [1.54, 1.807) is 0 Å². The van der Waals surface area contributed by atoms with Gasteiger partial charge in [0.05, 0.1) is 22.1 Å². The van der Waals surface area contributed by atoms with Crippen LogP contribution in [0.3, 0.4) is 0 Å². The average Bonchev–Trinajstić information content (AvgIpc) is 4.03. The normalized spacial score (nSPS) is 13.8. The van der Waals surface area contributed by atoms with Crippen LogP contribution in [0.1, 0.15) is 22.3 Å². The molecule has 0 saturated carbocycles. The fourth-order valence-electron chi connectivity index (χ4n) is 10.9. The Bertz CT molecular complexity index is 3230. The molecule has 60 heavy (non-hydrogen) atoms. The van der Waals surface area contributed by atoms with Gasteiger partial charge in [-0.2, -0.15) is 0 Å². The quantitative estimate of drug-likeness (QED) is 0.167. The Labute approximate surface area is 356 Å². The summed E-state index contributed by atoms with van der Waals surface area (Å²) in [6.45, 7) is 0. The highest BCUT2D eigenvalue weighted by atomic mass is 79.9. The molecule has 0 amide bonds. The van der Waals surface area contributed by atoms with Gasteiger partial charge in [-0.25, -0.2) is 0 Å². The van der Waals surface area contributed by atoms with E-state index < -0.39 is 0 Å². The van der Waals surface area contributed by atoms with Gasteiger partial charge in [-0.3, -0.25) is 0 Å². The van der Waals surface area contributed by atoms with Crippen LogP contribution >= 0.6 is 15.9 Å². The van der Waals surface area contributed by atoms with Crippen molar-refractivity contribution in [2.75, 3.05) is 0 Å². The van der Waals surface area contributed by atoms with E-state index in [2.05, 4.69) is 225 Å². The molecule has 0 fully saturated rings. The number of rotatable bonds is 4. The van der Waals surface area contributed by atoms with Gasteiger partial charge in [0.15, 0.2) is 0 Å². The first kappa shape index (κ1) is 34.0. The van der Waals surface area contributed by atoms with Crippen LogP contribution in [0.25, 0.3) is 88.4 Å². The molecule has 9 aromatic carbocycles. The summed E-state index contributed by atoms with van der Waals surface area (Å²) in [5.41, 5.74) is 20.6. The fraction of sp³-hybridized carbons (Fsp3) is 0.0526. The van der Waals surface area contributed by atoms with Crippen LogP contribution in [-0.4, -0.2) is 9.13 Å². The number of benzene rings is 9. The molecular weight excluding hydrogens is 793 g/mol. The Morgan fingerprint density at radius 3 is 1.17 bits per heavy atom. The van der Waals surface area contributed by atoms with Gasteiger partial charge in [-0.1, -0.05) is 143 Å². The minimum Gasteiger partial charge on any atom is -0.309 e. The zero-order valence-electron chi connectivity index (χ0n) is 32.7. The fourth-order valence-corrected chi connectivity index (χ4v) is 11.3. The van der Waals surface area contributed by atoms with Gasteiger partial charge in [-0.15, -0.1) is 0 Å². The summed E-state index contributed by atoms with van der Waals surface area (Å²) >= 11 is 3.80. The number of hydrogen-bond acceptors (Lipinski definition) is 0. The predicted molar refractivity (Wildman–Crippen MR) is 254 cm³/mol. The first-order valence-corrected chi connectivity index (χ1v) is 21.7. The standard InChI is InChI=1S/C57H37BrN2/c58-42-24-17-40-34-57(35-41(40)31-42)51-32-38(36-18-25-43(26-19-36)59-53-13-5-1-9-47(53)48-10-2-6-14-54(48)59)22-29-45(51)46-30-23-39(33-52(46)57)37-20-27-44(28-21-37)60-55-15-7-3-11-49(55)50-12-4-8-16-56(50)60/h1-33H,34-35H2. The second kappa shape index (κ2) is 12.8. The van der Waals surface area contributed by atoms with Crippen LogP contribution in [0.4, 0.5) is 0 Å². The summed E-state index contributed by atoms with van der Waals surface area (Å²) in [6, 6.07) is 74.6. The van der Waals surface area contributed by atoms with E-state index in [1.807, 2.05) is 0 Å². The van der Waals surface area contributed by atoms with Crippen molar-refractivity contribution in [3.63, 3.8) is 0 Å². The van der Waals surface area contributed by atoms with Crippen molar-refractivity contribution < 1.29 is 0 Å². The predicted octanol–water partition coefficient (Wildman–Crippen LogP) is 15.0. The Morgan fingerprint density at radius 1 is 0.350 bits per heavy atom. The molecule has 0 saturated heterocycles. The molecule has 2 aliphatic rings. The van der Waals surface area contributed by atoms with Crippen molar-refractivity contribution in [2.45, 2.75) is 18.3 Å². The second-order valence-electron chi connectivity index (χ2n) is 16.7. The number of fused-ring (bicyclic) bond motifs is 12. The molecule has 0 radical (unpaired) electrons. The lowest BCUT2D eigenvalue weighted by atomic mass is 9.74. The molecule has 2 heterocycles. The van der Waals surface area contributed by atoms with Crippen molar-refractivity contribution in [3.8, 4) is 44.8 Å². The lowest BCUT2D eigenvalue weighted by Gasteiger charge is -2.27. The van der Waals surface area contributed by atoms with E-state index in [9.17, 15) is 0 Å². The van der Waals surface area contributed by atoms with E-state index in [1.165, 1.54) is 111 Å². The van der Waals surface area contributed by atoms with Crippen LogP contribution in [0.15, 0.2) is 205 Å². The van der Waals surface area contributed by atoms with Gasteiger partial charge >= 0.3 is 0 Å². The van der Waals surface area contributed by atoms with Crippen molar-refractivity contribution >= 4 is 59.5 Å². The zero-order valence-corrected chi connectivity index (χ0v) is 34.3. The summed E-state index contributed by atoms with van der Waals surface area (Å²) in [4.78, 5) is 0. The third-order valence-electron chi connectivity index (χ3n) is 13.6. The molecule has 13 rings (SSSR count). The number of para-hydroxylation sites is 4. The molecule has 2 nitrogen and oxygen atoms in total. The summed E-state index contributed by atoms with van der Waals surface area (Å²) < 4.78 is 5.93. The Hall–Kier alpha value is -6.94. The maximum atomic E-state index is 3.80. The largest absolute Gasteiger partial charge is 0.309 e. The maximum Gasteiger partial charge on any atom is 0.0541 e. The number of hydrogen-bond donors (Lipinski definition) is 0. The minimum absolute atomic E-state index is 0.147. The van der Waals surface area contributed by atoms with Crippen LogP contribution in [0.5, 0.6) is 0 Å². The van der Waals surface area contributed by atoms with E-state index in [-0.39, 0.29) is 5.41 Å². The smallest absolute Gasteiger partial charge is 0.0541 e. The van der Waals surface area contributed by atoms with Crippen LogP contribution in [0, 0.1) is 0 Å². The van der Waals surface area contributed by atoms with Crippen molar-refractivity contribution in [1.29, 1.82) is 0 Å². The highest BCUT2D eigenvalue weighted by Crippen LogP contribution is 2.57.